The third kappa shape index (κ3) is 5.03. The summed E-state index contributed by atoms with van der Waals surface area (Å²) in [6.07, 6.45) is -0.583. The zero-order valence-electron chi connectivity index (χ0n) is 12.8. The maximum absolute atomic E-state index is 12.3. The van der Waals surface area contributed by atoms with Crippen molar-refractivity contribution in [2.45, 2.75) is 46.3 Å². The summed E-state index contributed by atoms with van der Waals surface area (Å²) in [6.45, 7) is 8.99. The molecule has 1 aromatic carbocycles. The predicted octanol–water partition coefficient (Wildman–Crippen LogP) is 3.48. The van der Waals surface area contributed by atoms with Gasteiger partial charge in [-0.2, -0.15) is 0 Å². The second kappa shape index (κ2) is 6.55. The molecule has 0 aromatic heterocycles. The minimum absolute atomic E-state index is 0.0398. The van der Waals surface area contributed by atoms with Crippen LogP contribution in [0.15, 0.2) is 30.3 Å². The van der Waals surface area contributed by atoms with Gasteiger partial charge in [-0.3, -0.25) is 4.79 Å². The first-order valence-corrected chi connectivity index (χ1v) is 6.79. The van der Waals surface area contributed by atoms with Gasteiger partial charge < -0.3 is 10.1 Å². The zero-order valence-corrected chi connectivity index (χ0v) is 12.8. The Morgan fingerprint density at radius 3 is 2.10 bits per heavy atom. The van der Waals surface area contributed by atoms with Crippen LogP contribution in [0.5, 0.6) is 0 Å². The lowest BCUT2D eigenvalue weighted by Crippen LogP contribution is -2.39. The second-order valence-corrected chi connectivity index (χ2v) is 6.05. The van der Waals surface area contributed by atoms with E-state index >= 15 is 0 Å². The van der Waals surface area contributed by atoms with Crippen LogP contribution in [0.3, 0.4) is 0 Å². The Morgan fingerprint density at radius 1 is 1.10 bits per heavy atom. The number of Topliss-reactive ketones (excluding diaryl/α,β-unsaturated/α-hetero) is 1. The van der Waals surface area contributed by atoms with Crippen molar-refractivity contribution >= 4 is 11.9 Å². The number of alkyl carbamates (subject to hydrolysis) is 1. The highest BCUT2D eigenvalue weighted by molar-refractivity contribution is 5.89. The Hall–Kier alpha value is -1.84. The van der Waals surface area contributed by atoms with Crippen molar-refractivity contribution in [3.8, 4) is 0 Å². The van der Waals surface area contributed by atoms with Crippen molar-refractivity contribution in [3.63, 3.8) is 0 Å². The number of carbonyl (C=O) groups is 2. The third-order valence-corrected chi connectivity index (χ3v) is 2.65. The molecule has 0 bridgehead atoms. The van der Waals surface area contributed by atoms with Crippen LogP contribution < -0.4 is 5.32 Å². The molecule has 1 atom stereocenters. The monoisotopic (exact) mass is 277 g/mol. The molecule has 1 amide bonds. The van der Waals surface area contributed by atoms with Crippen molar-refractivity contribution in [1.29, 1.82) is 0 Å². The van der Waals surface area contributed by atoms with E-state index in [2.05, 4.69) is 5.32 Å². The first-order valence-electron chi connectivity index (χ1n) is 6.79. The minimum Gasteiger partial charge on any atom is -0.444 e. The lowest BCUT2D eigenvalue weighted by molar-refractivity contribution is -0.124. The lowest BCUT2D eigenvalue weighted by Gasteiger charge is -2.24. The van der Waals surface area contributed by atoms with Crippen LogP contribution in [-0.4, -0.2) is 17.5 Å². The SMILES string of the molecule is CC(C)C(=O)[C@H](NC(=O)OC(C)(C)C)c1ccccc1. The predicted molar refractivity (Wildman–Crippen MR) is 78.4 cm³/mol. The number of rotatable bonds is 4. The molecule has 0 radical (unpaired) electrons. The molecule has 1 N–H and O–H groups in total. The Labute approximate surface area is 120 Å². The topological polar surface area (TPSA) is 55.4 Å². The molecule has 1 rings (SSSR count). The van der Waals surface area contributed by atoms with Crippen LogP contribution in [0.1, 0.15) is 46.2 Å². The zero-order chi connectivity index (χ0) is 15.3. The largest absolute Gasteiger partial charge is 0.444 e. The first kappa shape index (κ1) is 16.2. The van der Waals surface area contributed by atoms with Crippen LogP contribution in [0, 0.1) is 5.92 Å². The van der Waals surface area contributed by atoms with E-state index in [0.717, 1.165) is 5.56 Å². The number of ether oxygens (including phenoxy) is 1. The molecule has 4 nitrogen and oxygen atoms in total. The van der Waals surface area contributed by atoms with Gasteiger partial charge in [0.1, 0.15) is 11.6 Å². The van der Waals surface area contributed by atoms with Gasteiger partial charge in [-0.05, 0) is 26.3 Å². The molecule has 0 fully saturated rings. The Bertz CT molecular complexity index is 460. The molecule has 20 heavy (non-hydrogen) atoms. The summed E-state index contributed by atoms with van der Waals surface area (Å²) >= 11 is 0. The summed E-state index contributed by atoms with van der Waals surface area (Å²) < 4.78 is 5.22. The number of carbonyl (C=O) groups excluding carboxylic acids is 2. The average Bonchev–Trinajstić information content (AvgIpc) is 2.34. The Balaban J connectivity index is 2.90. The molecule has 1 aromatic rings. The number of nitrogens with one attached hydrogen (secondary N) is 1. The van der Waals surface area contributed by atoms with Crippen molar-refractivity contribution in [1.82, 2.24) is 5.32 Å². The molecule has 0 saturated carbocycles. The number of benzene rings is 1. The van der Waals surface area contributed by atoms with Gasteiger partial charge in [-0.1, -0.05) is 44.2 Å². The van der Waals surface area contributed by atoms with Crippen LogP contribution in [0.4, 0.5) is 4.79 Å². The Morgan fingerprint density at radius 2 is 1.65 bits per heavy atom. The molecule has 110 valence electrons. The van der Waals surface area contributed by atoms with Crippen LogP contribution in [0.2, 0.25) is 0 Å². The van der Waals surface area contributed by atoms with E-state index in [4.69, 9.17) is 4.74 Å². The number of ketones is 1. The van der Waals surface area contributed by atoms with E-state index in [-0.39, 0.29) is 11.7 Å². The molecule has 4 heteroatoms. The molecule has 0 aliphatic rings. The molecular formula is C16H23NO3. The van der Waals surface area contributed by atoms with E-state index in [0.29, 0.717) is 0 Å². The third-order valence-electron chi connectivity index (χ3n) is 2.65. The van der Waals surface area contributed by atoms with Crippen molar-refractivity contribution in [2.75, 3.05) is 0 Å². The van der Waals surface area contributed by atoms with Crippen molar-refractivity contribution in [2.24, 2.45) is 5.92 Å². The molecule has 0 unspecified atom stereocenters. The van der Waals surface area contributed by atoms with Gasteiger partial charge in [0.05, 0.1) is 0 Å². The van der Waals surface area contributed by atoms with Crippen LogP contribution >= 0.6 is 0 Å². The van der Waals surface area contributed by atoms with Gasteiger partial charge in [-0.25, -0.2) is 4.79 Å². The quantitative estimate of drug-likeness (QED) is 0.916. The molecule has 0 aliphatic carbocycles. The van der Waals surface area contributed by atoms with Gasteiger partial charge in [0.2, 0.25) is 0 Å². The number of hydrogen-bond donors (Lipinski definition) is 1. The molecule has 0 spiro atoms. The highest BCUT2D eigenvalue weighted by atomic mass is 16.6. The number of amides is 1. The van der Waals surface area contributed by atoms with Gasteiger partial charge in [-0.15, -0.1) is 0 Å². The standard InChI is InChI=1S/C16H23NO3/c1-11(2)14(18)13(12-9-7-6-8-10-12)17-15(19)20-16(3,4)5/h6-11,13H,1-5H3,(H,17,19)/t13-/m1/s1. The van der Waals surface area contributed by atoms with E-state index in [9.17, 15) is 9.59 Å². The highest BCUT2D eigenvalue weighted by Crippen LogP contribution is 2.19. The van der Waals surface area contributed by atoms with Crippen molar-refractivity contribution < 1.29 is 14.3 Å². The highest BCUT2D eigenvalue weighted by Gasteiger charge is 2.27. The summed E-state index contributed by atoms with van der Waals surface area (Å²) in [4.78, 5) is 24.2. The molecular weight excluding hydrogens is 254 g/mol. The van der Waals surface area contributed by atoms with E-state index in [1.807, 2.05) is 44.2 Å². The minimum atomic E-state index is -0.675. The average molecular weight is 277 g/mol. The fourth-order valence-corrected chi connectivity index (χ4v) is 1.72. The maximum atomic E-state index is 12.3. The summed E-state index contributed by atoms with van der Waals surface area (Å²) in [5.41, 5.74) is 0.170. The molecule has 0 aliphatic heterocycles. The van der Waals surface area contributed by atoms with Crippen LogP contribution in [0.25, 0.3) is 0 Å². The smallest absolute Gasteiger partial charge is 0.408 e. The maximum Gasteiger partial charge on any atom is 0.408 e. The lowest BCUT2D eigenvalue weighted by atomic mass is 9.95. The Kier molecular flexibility index (Phi) is 5.31. The fourth-order valence-electron chi connectivity index (χ4n) is 1.72. The van der Waals surface area contributed by atoms with E-state index < -0.39 is 17.7 Å². The summed E-state index contributed by atoms with van der Waals surface area (Å²) in [5, 5.41) is 2.66. The summed E-state index contributed by atoms with van der Waals surface area (Å²) in [7, 11) is 0. The van der Waals surface area contributed by atoms with Gasteiger partial charge >= 0.3 is 6.09 Å². The fraction of sp³-hybridized carbons (Fsp3) is 0.500. The normalized spacial score (nSPS) is 12.9. The first-order chi connectivity index (χ1) is 9.20. The van der Waals surface area contributed by atoms with Crippen molar-refractivity contribution in [3.05, 3.63) is 35.9 Å². The van der Waals surface area contributed by atoms with E-state index in [1.54, 1.807) is 20.8 Å². The molecule has 0 saturated heterocycles. The second-order valence-electron chi connectivity index (χ2n) is 6.05. The van der Waals surface area contributed by atoms with Gasteiger partial charge in [0.15, 0.2) is 5.78 Å². The van der Waals surface area contributed by atoms with E-state index in [1.165, 1.54) is 0 Å². The van der Waals surface area contributed by atoms with Gasteiger partial charge in [0.25, 0.3) is 0 Å². The number of hydrogen-bond acceptors (Lipinski definition) is 3. The summed E-state index contributed by atoms with van der Waals surface area (Å²) in [5.74, 6) is -0.211. The molecule has 0 heterocycles. The summed E-state index contributed by atoms with van der Waals surface area (Å²) in [6, 6.07) is 8.52. The van der Waals surface area contributed by atoms with Crippen LogP contribution in [-0.2, 0) is 9.53 Å². The van der Waals surface area contributed by atoms with Gasteiger partial charge in [0, 0.05) is 5.92 Å².